The zero-order valence-corrected chi connectivity index (χ0v) is 22.0. The first kappa shape index (κ1) is 26.6. The van der Waals surface area contributed by atoms with Gasteiger partial charge >= 0.3 is 0 Å². The van der Waals surface area contributed by atoms with Gasteiger partial charge in [0.25, 0.3) is 0 Å². The van der Waals surface area contributed by atoms with Gasteiger partial charge in [-0.3, -0.25) is 0 Å². The summed E-state index contributed by atoms with van der Waals surface area (Å²) in [5.41, 5.74) is 4.60. The summed E-state index contributed by atoms with van der Waals surface area (Å²) in [7, 11) is 5.07. The van der Waals surface area contributed by atoms with E-state index in [9.17, 15) is 0 Å². The summed E-state index contributed by atoms with van der Waals surface area (Å²) in [6.07, 6.45) is 7.13. The van der Waals surface area contributed by atoms with E-state index in [0.717, 1.165) is 66.5 Å². The molecule has 0 saturated heterocycles. The summed E-state index contributed by atoms with van der Waals surface area (Å²) < 4.78 is 28.5. The molecule has 1 N–H and O–H groups in total. The van der Waals surface area contributed by atoms with Gasteiger partial charge in [0.1, 0.15) is 18.1 Å². The van der Waals surface area contributed by atoms with Gasteiger partial charge in [-0.2, -0.15) is 0 Å². The first-order chi connectivity index (χ1) is 18.2. The second-order valence-corrected chi connectivity index (χ2v) is 8.97. The highest BCUT2D eigenvalue weighted by Crippen LogP contribution is 2.37. The number of nitrogens with one attached hydrogen (secondary N) is 1. The van der Waals surface area contributed by atoms with Crippen LogP contribution in [0, 0.1) is 0 Å². The zero-order valence-electron chi connectivity index (χ0n) is 22.0. The van der Waals surface area contributed by atoms with Crippen LogP contribution in [-0.4, -0.2) is 41.1 Å². The maximum atomic E-state index is 6.14. The van der Waals surface area contributed by atoms with Crippen LogP contribution < -0.4 is 24.3 Å². The Bertz CT molecular complexity index is 1160. The Morgan fingerprint density at radius 1 is 0.838 bits per heavy atom. The SMILES string of the molecule is COCCCCOc1cc(OC)ccc1C=CC1NCCc2cc(OCc3ccccc3)c(OC)cc21. The topological polar surface area (TPSA) is 58.2 Å². The van der Waals surface area contributed by atoms with E-state index in [-0.39, 0.29) is 6.04 Å². The molecule has 6 nitrogen and oxygen atoms in total. The molecule has 3 aromatic carbocycles. The third-order valence-corrected chi connectivity index (χ3v) is 6.45. The van der Waals surface area contributed by atoms with Crippen LogP contribution >= 0.6 is 0 Å². The molecule has 0 saturated carbocycles. The summed E-state index contributed by atoms with van der Waals surface area (Å²) >= 11 is 0. The first-order valence-electron chi connectivity index (χ1n) is 12.8. The van der Waals surface area contributed by atoms with Crippen molar-refractivity contribution in [2.45, 2.75) is 31.9 Å². The van der Waals surface area contributed by atoms with Gasteiger partial charge in [0.2, 0.25) is 0 Å². The van der Waals surface area contributed by atoms with Crippen LogP contribution in [0.5, 0.6) is 23.0 Å². The van der Waals surface area contributed by atoms with E-state index < -0.39 is 0 Å². The third-order valence-electron chi connectivity index (χ3n) is 6.45. The van der Waals surface area contributed by atoms with Crippen LogP contribution in [0.2, 0.25) is 0 Å². The van der Waals surface area contributed by atoms with Crippen LogP contribution in [0.25, 0.3) is 6.08 Å². The van der Waals surface area contributed by atoms with Crippen molar-refractivity contribution in [1.29, 1.82) is 0 Å². The predicted octanol–water partition coefficient (Wildman–Crippen LogP) is 5.99. The Hall–Kier alpha value is -3.48. The highest BCUT2D eigenvalue weighted by atomic mass is 16.5. The lowest BCUT2D eigenvalue weighted by Crippen LogP contribution is -2.28. The molecule has 0 bridgehead atoms. The molecule has 196 valence electrons. The highest BCUT2D eigenvalue weighted by molar-refractivity contribution is 5.61. The van der Waals surface area contributed by atoms with Gasteiger partial charge in [0, 0.05) is 31.9 Å². The predicted molar refractivity (Wildman–Crippen MR) is 147 cm³/mol. The van der Waals surface area contributed by atoms with Gasteiger partial charge in [-0.1, -0.05) is 42.5 Å². The number of hydrogen-bond donors (Lipinski definition) is 1. The molecule has 0 aromatic heterocycles. The van der Waals surface area contributed by atoms with E-state index >= 15 is 0 Å². The van der Waals surface area contributed by atoms with Crippen LogP contribution in [-0.2, 0) is 17.8 Å². The van der Waals surface area contributed by atoms with Crippen molar-refractivity contribution in [3.63, 3.8) is 0 Å². The van der Waals surface area contributed by atoms with E-state index in [1.807, 2.05) is 36.4 Å². The van der Waals surface area contributed by atoms with Gasteiger partial charge in [-0.25, -0.2) is 0 Å². The maximum Gasteiger partial charge on any atom is 0.161 e. The van der Waals surface area contributed by atoms with Crippen LogP contribution in [0.4, 0.5) is 0 Å². The Balaban J connectivity index is 1.51. The molecule has 1 aliphatic heterocycles. The average molecular weight is 504 g/mol. The monoisotopic (exact) mass is 503 g/mol. The van der Waals surface area contributed by atoms with E-state index in [1.54, 1.807) is 21.3 Å². The van der Waals surface area contributed by atoms with Gasteiger partial charge < -0.3 is 29.0 Å². The minimum absolute atomic E-state index is 0.0532. The average Bonchev–Trinajstić information content (AvgIpc) is 2.95. The Morgan fingerprint density at radius 2 is 1.68 bits per heavy atom. The van der Waals surface area contributed by atoms with Gasteiger partial charge in [0.15, 0.2) is 11.5 Å². The number of hydrogen-bond acceptors (Lipinski definition) is 6. The molecular weight excluding hydrogens is 466 g/mol. The molecule has 0 spiro atoms. The smallest absolute Gasteiger partial charge is 0.161 e. The maximum absolute atomic E-state index is 6.14. The number of rotatable bonds is 13. The van der Waals surface area contributed by atoms with Crippen LogP contribution in [0.1, 0.15) is 41.1 Å². The Morgan fingerprint density at radius 3 is 2.46 bits per heavy atom. The van der Waals surface area contributed by atoms with Gasteiger partial charge in [-0.05, 0) is 60.2 Å². The van der Waals surface area contributed by atoms with Crippen molar-refractivity contribution in [1.82, 2.24) is 5.32 Å². The van der Waals surface area contributed by atoms with E-state index in [2.05, 4.69) is 41.7 Å². The van der Waals surface area contributed by atoms with Crippen molar-refractivity contribution in [2.24, 2.45) is 0 Å². The lowest BCUT2D eigenvalue weighted by Gasteiger charge is -2.26. The van der Waals surface area contributed by atoms with Crippen molar-refractivity contribution in [3.8, 4) is 23.0 Å². The molecule has 1 unspecified atom stereocenters. The molecule has 0 fully saturated rings. The molecule has 0 amide bonds. The summed E-state index contributed by atoms with van der Waals surface area (Å²) in [6, 6.07) is 20.4. The highest BCUT2D eigenvalue weighted by Gasteiger charge is 2.21. The molecule has 6 heteroatoms. The zero-order chi connectivity index (χ0) is 25.9. The quantitative estimate of drug-likeness (QED) is 0.289. The molecule has 4 rings (SSSR count). The van der Waals surface area contributed by atoms with Gasteiger partial charge in [-0.15, -0.1) is 0 Å². The third kappa shape index (κ3) is 7.28. The molecule has 1 aliphatic rings. The largest absolute Gasteiger partial charge is 0.497 e. The summed E-state index contributed by atoms with van der Waals surface area (Å²) in [5, 5.41) is 3.62. The number of unbranched alkanes of at least 4 members (excludes halogenated alkanes) is 1. The fourth-order valence-corrected chi connectivity index (χ4v) is 4.41. The fraction of sp³-hybridized carbons (Fsp3) is 0.355. The summed E-state index contributed by atoms with van der Waals surface area (Å²) in [4.78, 5) is 0. The van der Waals surface area contributed by atoms with Crippen LogP contribution in [0.3, 0.4) is 0 Å². The number of fused-ring (bicyclic) bond motifs is 1. The van der Waals surface area contributed by atoms with Crippen molar-refractivity contribution in [3.05, 3.63) is 89.0 Å². The second-order valence-electron chi connectivity index (χ2n) is 8.97. The fourth-order valence-electron chi connectivity index (χ4n) is 4.41. The standard InChI is InChI=1S/C31H37NO5/c1-33-17-7-8-18-36-29-20-26(34-2)13-11-24(29)12-14-28-27-21-30(35-3)31(19-25(27)15-16-32-28)37-22-23-9-5-4-6-10-23/h4-6,9-14,19-21,28,32H,7-8,15-18,22H2,1-3H3. The lowest BCUT2D eigenvalue weighted by atomic mass is 9.93. The second kappa shape index (κ2) is 13.7. The number of ether oxygens (including phenoxy) is 5. The van der Waals surface area contributed by atoms with E-state index in [1.165, 1.54) is 11.1 Å². The molecule has 3 aromatic rings. The molecule has 37 heavy (non-hydrogen) atoms. The number of benzene rings is 3. The van der Waals surface area contributed by atoms with E-state index in [4.69, 9.17) is 23.7 Å². The van der Waals surface area contributed by atoms with Crippen LogP contribution in [0.15, 0.2) is 66.7 Å². The Labute approximate surface area is 220 Å². The van der Waals surface area contributed by atoms with Gasteiger partial charge in [0.05, 0.1) is 26.9 Å². The van der Waals surface area contributed by atoms with Crippen molar-refractivity contribution < 1.29 is 23.7 Å². The normalized spacial score (nSPS) is 14.8. The molecular formula is C31H37NO5. The summed E-state index contributed by atoms with van der Waals surface area (Å²) in [6.45, 7) is 2.76. The van der Waals surface area contributed by atoms with Crippen molar-refractivity contribution >= 4 is 6.08 Å². The van der Waals surface area contributed by atoms with Crippen molar-refractivity contribution in [2.75, 3.05) is 41.1 Å². The molecule has 0 radical (unpaired) electrons. The molecule has 1 atom stereocenters. The number of methoxy groups -OCH3 is 3. The molecule has 0 aliphatic carbocycles. The minimum Gasteiger partial charge on any atom is -0.497 e. The minimum atomic E-state index is 0.0532. The summed E-state index contributed by atoms with van der Waals surface area (Å²) in [5.74, 6) is 3.10. The molecule has 1 heterocycles. The van der Waals surface area contributed by atoms with E-state index in [0.29, 0.717) is 13.2 Å². The lowest BCUT2D eigenvalue weighted by molar-refractivity contribution is 0.184. The Kier molecular flexibility index (Phi) is 9.86. The first-order valence-corrected chi connectivity index (χ1v) is 12.8.